The average molecular weight is 261 g/mol. The van der Waals surface area contributed by atoms with E-state index in [1.165, 1.54) is 6.40 Å². The van der Waals surface area contributed by atoms with Crippen molar-refractivity contribution in [1.82, 2.24) is 0 Å². The van der Waals surface area contributed by atoms with Crippen molar-refractivity contribution < 1.29 is 18.7 Å². The highest BCUT2D eigenvalue weighted by Gasteiger charge is 2.21. The molecule has 0 unspecified atom stereocenters. The summed E-state index contributed by atoms with van der Waals surface area (Å²) in [6.45, 7) is 4.38. The zero-order chi connectivity index (χ0) is 13.7. The van der Waals surface area contributed by atoms with Crippen LogP contribution < -0.4 is 0 Å². The lowest BCUT2D eigenvalue weighted by Crippen LogP contribution is -2.03. The first-order valence-corrected chi connectivity index (χ1v) is 6.10. The molecule has 1 aromatic heterocycles. The Labute approximate surface area is 110 Å². The summed E-state index contributed by atoms with van der Waals surface area (Å²) in [5.74, 6) is -0.429. The molecular formula is C14H15NO4. The number of furan rings is 1. The van der Waals surface area contributed by atoms with Crippen molar-refractivity contribution in [3.8, 4) is 0 Å². The number of nitrogens with zero attached hydrogens (tertiary/aromatic N) is 1. The summed E-state index contributed by atoms with van der Waals surface area (Å²) in [4.78, 5) is 16.0. The number of fused-ring (bicyclic) bond motifs is 1. The summed E-state index contributed by atoms with van der Waals surface area (Å²) in [7, 11) is 0. The summed E-state index contributed by atoms with van der Waals surface area (Å²) in [6, 6.07) is 7.29. The number of hydrogen-bond acceptors (Lipinski definition) is 5. The highest BCUT2D eigenvalue weighted by atomic mass is 16.5. The lowest BCUT2D eigenvalue weighted by molar-refractivity contribution is 0.0494. The van der Waals surface area contributed by atoms with E-state index in [4.69, 9.17) is 13.9 Å². The van der Waals surface area contributed by atoms with Gasteiger partial charge < -0.3 is 13.9 Å². The number of carbonyl (C=O) groups excluding carboxylic acids is 1. The van der Waals surface area contributed by atoms with Crippen LogP contribution in [0, 0.1) is 0 Å². The predicted octanol–water partition coefficient (Wildman–Crippen LogP) is 3.31. The van der Waals surface area contributed by atoms with Gasteiger partial charge in [0.15, 0.2) is 6.40 Å². The molecular weight excluding hydrogens is 246 g/mol. The molecule has 2 aromatic rings. The third-order valence-electron chi connectivity index (χ3n) is 2.45. The van der Waals surface area contributed by atoms with Gasteiger partial charge in [0.25, 0.3) is 0 Å². The number of aliphatic imine (C=N–C) groups is 1. The van der Waals surface area contributed by atoms with Gasteiger partial charge in [-0.25, -0.2) is 9.79 Å². The van der Waals surface area contributed by atoms with Crippen LogP contribution in [0.1, 0.15) is 24.4 Å². The minimum atomic E-state index is -0.526. The molecule has 2 rings (SSSR count). The van der Waals surface area contributed by atoms with Gasteiger partial charge in [-0.15, -0.1) is 0 Å². The Balaban J connectivity index is 2.48. The van der Waals surface area contributed by atoms with Crippen LogP contribution in [-0.4, -0.2) is 25.6 Å². The van der Waals surface area contributed by atoms with Gasteiger partial charge in [0, 0.05) is 5.39 Å². The molecule has 0 bridgehead atoms. The fourth-order valence-corrected chi connectivity index (χ4v) is 1.66. The van der Waals surface area contributed by atoms with E-state index in [0.717, 1.165) is 5.39 Å². The van der Waals surface area contributed by atoms with Gasteiger partial charge in [0.2, 0.25) is 5.76 Å². The number of ether oxygens (including phenoxy) is 2. The molecule has 0 aliphatic carbocycles. The van der Waals surface area contributed by atoms with Gasteiger partial charge >= 0.3 is 5.97 Å². The smallest absolute Gasteiger partial charge is 0.376 e. The first kappa shape index (κ1) is 13.1. The summed E-state index contributed by atoms with van der Waals surface area (Å²) in [6.07, 6.45) is 1.31. The molecule has 0 aliphatic rings. The van der Waals surface area contributed by atoms with E-state index in [2.05, 4.69) is 4.99 Å². The van der Waals surface area contributed by atoms with Crippen LogP contribution >= 0.6 is 0 Å². The van der Waals surface area contributed by atoms with Crippen LogP contribution in [0.3, 0.4) is 0 Å². The van der Waals surface area contributed by atoms with Crippen LogP contribution in [0.2, 0.25) is 0 Å². The predicted molar refractivity (Wildman–Crippen MR) is 71.9 cm³/mol. The first-order valence-electron chi connectivity index (χ1n) is 6.10. The van der Waals surface area contributed by atoms with Gasteiger partial charge in [0.05, 0.1) is 13.2 Å². The SMILES string of the molecule is CCOC=Nc1c(C(=O)OCC)oc2ccccc12. The summed E-state index contributed by atoms with van der Waals surface area (Å²) >= 11 is 0. The fourth-order valence-electron chi connectivity index (χ4n) is 1.66. The van der Waals surface area contributed by atoms with E-state index in [1.54, 1.807) is 13.0 Å². The maximum atomic E-state index is 11.8. The second-order valence-corrected chi connectivity index (χ2v) is 3.69. The molecule has 1 heterocycles. The standard InChI is InChI=1S/C14H15NO4/c1-3-17-9-15-12-10-7-5-6-8-11(10)19-13(12)14(16)18-4-2/h5-9H,3-4H2,1-2H3. The minimum Gasteiger partial charge on any atom is -0.483 e. The Morgan fingerprint density at radius 3 is 2.84 bits per heavy atom. The van der Waals surface area contributed by atoms with E-state index < -0.39 is 5.97 Å². The molecule has 0 N–H and O–H groups in total. The number of benzene rings is 1. The zero-order valence-electron chi connectivity index (χ0n) is 10.9. The van der Waals surface area contributed by atoms with Crippen molar-refractivity contribution in [1.29, 1.82) is 0 Å². The Bertz CT molecular complexity index is 601. The van der Waals surface area contributed by atoms with Crippen molar-refractivity contribution in [2.45, 2.75) is 13.8 Å². The summed E-state index contributed by atoms with van der Waals surface area (Å²) < 4.78 is 15.5. The molecule has 0 atom stereocenters. The second-order valence-electron chi connectivity index (χ2n) is 3.69. The lowest BCUT2D eigenvalue weighted by atomic mass is 10.2. The summed E-state index contributed by atoms with van der Waals surface area (Å²) in [5.41, 5.74) is 1.02. The average Bonchev–Trinajstić information content (AvgIpc) is 2.79. The monoisotopic (exact) mass is 261 g/mol. The third-order valence-corrected chi connectivity index (χ3v) is 2.45. The topological polar surface area (TPSA) is 61.0 Å². The normalized spacial score (nSPS) is 11.1. The van der Waals surface area contributed by atoms with Crippen LogP contribution in [0.4, 0.5) is 5.69 Å². The highest BCUT2D eigenvalue weighted by molar-refractivity contribution is 6.03. The summed E-state index contributed by atoms with van der Waals surface area (Å²) in [5, 5.41) is 0.751. The van der Waals surface area contributed by atoms with Gasteiger partial charge in [0.1, 0.15) is 11.3 Å². The first-order chi connectivity index (χ1) is 9.27. The van der Waals surface area contributed by atoms with Crippen LogP contribution in [-0.2, 0) is 9.47 Å². The van der Waals surface area contributed by atoms with E-state index in [1.807, 2.05) is 25.1 Å². The Morgan fingerprint density at radius 2 is 2.11 bits per heavy atom. The van der Waals surface area contributed by atoms with Crippen molar-refractivity contribution in [2.75, 3.05) is 13.2 Å². The fraction of sp³-hybridized carbons (Fsp3) is 0.286. The molecule has 0 spiro atoms. The minimum absolute atomic E-state index is 0.0963. The number of para-hydroxylation sites is 1. The van der Waals surface area contributed by atoms with Crippen molar-refractivity contribution in [2.24, 2.45) is 4.99 Å². The number of carbonyl (C=O) groups is 1. The molecule has 5 heteroatoms. The van der Waals surface area contributed by atoms with E-state index in [0.29, 0.717) is 17.9 Å². The van der Waals surface area contributed by atoms with Gasteiger partial charge in [-0.3, -0.25) is 0 Å². The molecule has 0 amide bonds. The molecule has 0 fully saturated rings. The van der Waals surface area contributed by atoms with E-state index in [9.17, 15) is 4.79 Å². The molecule has 0 aliphatic heterocycles. The molecule has 0 saturated heterocycles. The molecule has 0 saturated carbocycles. The highest BCUT2D eigenvalue weighted by Crippen LogP contribution is 2.33. The molecule has 5 nitrogen and oxygen atoms in total. The van der Waals surface area contributed by atoms with Gasteiger partial charge in [-0.2, -0.15) is 0 Å². The zero-order valence-corrected chi connectivity index (χ0v) is 10.9. The number of esters is 1. The molecule has 19 heavy (non-hydrogen) atoms. The molecule has 0 radical (unpaired) electrons. The molecule has 1 aromatic carbocycles. The Morgan fingerprint density at radius 1 is 1.32 bits per heavy atom. The van der Waals surface area contributed by atoms with Crippen molar-refractivity contribution in [3.63, 3.8) is 0 Å². The van der Waals surface area contributed by atoms with Crippen LogP contribution in [0.15, 0.2) is 33.7 Å². The third kappa shape index (κ3) is 2.76. The largest absolute Gasteiger partial charge is 0.483 e. The number of hydrogen-bond donors (Lipinski definition) is 0. The van der Waals surface area contributed by atoms with Crippen LogP contribution in [0.5, 0.6) is 0 Å². The maximum absolute atomic E-state index is 11.8. The Kier molecular flexibility index (Phi) is 4.18. The maximum Gasteiger partial charge on any atom is 0.376 e. The quantitative estimate of drug-likeness (QED) is 0.470. The van der Waals surface area contributed by atoms with E-state index >= 15 is 0 Å². The second kappa shape index (κ2) is 6.04. The van der Waals surface area contributed by atoms with Crippen LogP contribution in [0.25, 0.3) is 11.0 Å². The Hall–Kier alpha value is -2.30. The van der Waals surface area contributed by atoms with Crippen molar-refractivity contribution >= 4 is 29.0 Å². The van der Waals surface area contributed by atoms with Gasteiger partial charge in [-0.05, 0) is 26.0 Å². The van der Waals surface area contributed by atoms with E-state index in [-0.39, 0.29) is 12.4 Å². The lowest BCUT2D eigenvalue weighted by Gasteiger charge is -1.99. The number of rotatable bonds is 5. The van der Waals surface area contributed by atoms with Gasteiger partial charge in [-0.1, -0.05) is 12.1 Å². The van der Waals surface area contributed by atoms with Crippen molar-refractivity contribution in [3.05, 3.63) is 30.0 Å². The molecule has 100 valence electrons.